The highest BCUT2D eigenvalue weighted by atomic mass is 32.1. The summed E-state index contributed by atoms with van der Waals surface area (Å²) in [5.74, 6) is -0.129. The maximum atomic E-state index is 13.4. The molecule has 0 saturated carbocycles. The third kappa shape index (κ3) is 4.26. The van der Waals surface area contributed by atoms with E-state index < -0.39 is 0 Å². The van der Waals surface area contributed by atoms with Crippen LogP contribution in [0.15, 0.2) is 53.1 Å². The third-order valence-electron chi connectivity index (χ3n) is 5.87. The van der Waals surface area contributed by atoms with Gasteiger partial charge in [0.15, 0.2) is 10.8 Å². The topological polar surface area (TPSA) is 115 Å². The van der Waals surface area contributed by atoms with Crippen LogP contribution in [-0.4, -0.2) is 48.9 Å². The van der Waals surface area contributed by atoms with E-state index in [1.54, 1.807) is 30.1 Å². The lowest BCUT2D eigenvalue weighted by molar-refractivity contribution is 0.102. The number of anilines is 2. The summed E-state index contributed by atoms with van der Waals surface area (Å²) in [4.78, 5) is 25.3. The summed E-state index contributed by atoms with van der Waals surface area (Å²) in [6.07, 6.45) is 5.29. The van der Waals surface area contributed by atoms with Gasteiger partial charge in [0.1, 0.15) is 5.69 Å². The summed E-state index contributed by atoms with van der Waals surface area (Å²) in [5, 5.41) is 15.9. The molecule has 6 rings (SSSR count). The SMILES string of the molecule is Cn1ccc(-c2nnc(NC(=O)c3cc(-c4ccccc4)nc4nc(N5CCCCC5)sc34)o2)n1. The molecular formula is C24H22N8O2S. The van der Waals surface area contributed by atoms with Crippen LogP contribution >= 0.6 is 11.3 Å². The van der Waals surface area contributed by atoms with Crippen LogP contribution in [0.1, 0.15) is 29.6 Å². The molecule has 1 amide bonds. The fourth-order valence-electron chi connectivity index (χ4n) is 4.12. The van der Waals surface area contributed by atoms with Crippen molar-refractivity contribution in [3.8, 4) is 22.8 Å². The highest BCUT2D eigenvalue weighted by Crippen LogP contribution is 2.34. The standard InChI is InChI=1S/C24H22N8O2S/c1-31-13-10-17(30-31)22-28-29-23(34-22)27-21(33)16-14-18(15-8-4-2-5-9-15)25-20-19(16)35-24(26-20)32-11-6-3-7-12-32/h2,4-5,8-10,13-14H,3,6-7,11-12H2,1H3,(H,27,29,33). The summed E-state index contributed by atoms with van der Waals surface area (Å²) in [6.45, 7) is 1.93. The molecule has 4 aromatic heterocycles. The highest BCUT2D eigenvalue weighted by Gasteiger charge is 2.23. The zero-order valence-corrected chi connectivity index (χ0v) is 19.8. The molecule has 5 heterocycles. The average molecular weight is 487 g/mol. The number of nitrogens with zero attached hydrogens (tertiary/aromatic N) is 7. The van der Waals surface area contributed by atoms with Crippen LogP contribution in [0.5, 0.6) is 0 Å². The largest absolute Gasteiger partial charge is 0.401 e. The molecule has 0 bridgehead atoms. The molecule has 1 fully saturated rings. The van der Waals surface area contributed by atoms with Crippen molar-refractivity contribution in [1.29, 1.82) is 0 Å². The minimum Gasteiger partial charge on any atom is -0.401 e. The smallest absolute Gasteiger partial charge is 0.322 e. The minimum atomic E-state index is -0.361. The molecule has 0 radical (unpaired) electrons. The lowest BCUT2D eigenvalue weighted by Crippen LogP contribution is -2.29. The van der Waals surface area contributed by atoms with E-state index >= 15 is 0 Å². The van der Waals surface area contributed by atoms with E-state index in [2.05, 4.69) is 25.5 Å². The highest BCUT2D eigenvalue weighted by molar-refractivity contribution is 7.22. The van der Waals surface area contributed by atoms with Crippen molar-refractivity contribution in [3.63, 3.8) is 0 Å². The second-order valence-corrected chi connectivity index (χ2v) is 9.34. The summed E-state index contributed by atoms with van der Waals surface area (Å²) in [7, 11) is 1.80. The summed E-state index contributed by atoms with van der Waals surface area (Å²) < 4.78 is 8.00. The predicted molar refractivity (Wildman–Crippen MR) is 133 cm³/mol. The Kier molecular flexibility index (Phi) is 5.45. The third-order valence-corrected chi connectivity index (χ3v) is 7.01. The van der Waals surface area contributed by atoms with Gasteiger partial charge in [-0.2, -0.15) is 10.1 Å². The molecule has 1 N–H and O–H groups in total. The van der Waals surface area contributed by atoms with Crippen LogP contribution in [0.2, 0.25) is 0 Å². The molecule has 176 valence electrons. The predicted octanol–water partition coefficient (Wildman–Crippen LogP) is 4.38. The lowest BCUT2D eigenvalue weighted by atomic mass is 10.1. The van der Waals surface area contributed by atoms with Gasteiger partial charge in [0.2, 0.25) is 0 Å². The Morgan fingerprint density at radius 2 is 1.86 bits per heavy atom. The van der Waals surface area contributed by atoms with Crippen LogP contribution in [0.3, 0.4) is 0 Å². The number of aryl methyl sites for hydroxylation is 1. The molecule has 1 aliphatic rings. The van der Waals surface area contributed by atoms with Gasteiger partial charge in [0.25, 0.3) is 11.8 Å². The number of thiazole rings is 1. The van der Waals surface area contributed by atoms with E-state index in [-0.39, 0.29) is 17.8 Å². The van der Waals surface area contributed by atoms with Crippen LogP contribution in [0.4, 0.5) is 11.1 Å². The van der Waals surface area contributed by atoms with Crippen LogP contribution in [0, 0.1) is 0 Å². The summed E-state index contributed by atoms with van der Waals surface area (Å²) >= 11 is 1.49. The van der Waals surface area contributed by atoms with Gasteiger partial charge in [-0.05, 0) is 31.4 Å². The molecule has 0 aliphatic carbocycles. The van der Waals surface area contributed by atoms with Crippen molar-refractivity contribution in [1.82, 2.24) is 29.9 Å². The van der Waals surface area contributed by atoms with Gasteiger partial charge < -0.3 is 9.32 Å². The van der Waals surface area contributed by atoms with Crippen molar-refractivity contribution in [2.45, 2.75) is 19.3 Å². The zero-order valence-electron chi connectivity index (χ0n) is 19.0. The number of pyridine rings is 1. The molecule has 10 nitrogen and oxygen atoms in total. The number of carbonyl (C=O) groups is 1. The molecule has 11 heteroatoms. The second-order valence-electron chi connectivity index (χ2n) is 8.36. The zero-order chi connectivity index (χ0) is 23.8. The minimum absolute atomic E-state index is 0.00245. The Morgan fingerprint density at radius 3 is 2.63 bits per heavy atom. The fourth-order valence-corrected chi connectivity index (χ4v) is 5.19. The fraction of sp³-hybridized carbons (Fsp3) is 0.250. The summed E-state index contributed by atoms with van der Waals surface area (Å²) in [6, 6.07) is 13.3. The molecule has 1 aromatic carbocycles. The van der Waals surface area contributed by atoms with E-state index in [1.165, 1.54) is 17.8 Å². The van der Waals surface area contributed by atoms with Gasteiger partial charge in [-0.1, -0.05) is 46.8 Å². The normalized spacial score (nSPS) is 13.9. The Labute approximate surface area is 204 Å². The van der Waals surface area contributed by atoms with Crippen molar-refractivity contribution in [2.24, 2.45) is 7.05 Å². The van der Waals surface area contributed by atoms with Gasteiger partial charge in [-0.3, -0.25) is 14.8 Å². The van der Waals surface area contributed by atoms with Gasteiger partial charge in [-0.15, -0.1) is 5.10 Å². The second kappa shape index (κ2) is 8.91. The molecule has 0 unspecified atom stereocenters. The molecule has 35 heavy (non-hydrogen) atoms. The first kappa shape index (κ1) is 21.4. The van der Waals surface area contributed by atoms with E-state index in [0.29, 0.717) is 22.6 Å². The van der Waals surface area contributed by atoms with Crippen molar-refractivity contribution in [2.75, 3.05) is 23.3 Å². The number of benzene rings is 1. The average Bonchev–Trinajstić information content (AvgIpc) is 3.64. The summed E-state index contributed by atoms with van der Waals surface area (Å²) in [5.41, 5.74) is 3.14. The number of hydrogen-bond acceptors (Lipinski definition) is 9. The molecule has 0 spiro atoms. The Hall–Kier alpha value is -4.12. The number of amides is 1. The maximum Gasteiger partial charge on any atom is 0.322 e. The number of aromatic nitrogens is 6. The van der Waals surface area contributed by atoms with Crippen LogP contribution < -0.4 is 10.2 Å². The Balaban J connectivity index is 1.37. The molecular weight excluding hydrogens is 464 g/mol. The number of rotatable bonds is 5. The van der Waals surface area contributed by atoms with E-state index in [4.69, 9.17) is 14.4 Å². The van der Waals surface area contributed by atoms with Crippen molar-refractivity contribution >= 4 is 38.7 Å². The van der Waals surface area contributed by atoms with E-state index in [0.717, 1.165) is 41.3 Å². The number of nitrogens with one attached hydrogen (secondary N) is 1. The first-order valence-electron chi connectivity index (χ1n) is 11.4. The molecule has 1 saturated heterocycles. The van der Waals surface area contributed by atoms with Crippen molar-refractivity contribution < 1.29 is 9.21 Å². The monoisotopic (exact) mass is 486 g/mol. The van der Waals surface area contributed by atoms with Gasteiger partial charge in [0, 0.05) is 31.9 Å². The van der Waals surface area contributed by atoms with Gasteiger partial charge in [0.05, 0.1) is 16.0 Å². The first-order valence-corrected chi connectivity index (χ1v) is 12.2. The first-order chi connectivity index (χ1) is 17.1. The lowest BCUT2D eigenvalue weighted by Gasteiger charge is -2.25. The van der Waals surface area contributed by atoms with Crippen LogP contribution in [-0.2, 0) is 7.05 Å². The van der Waals surface area contributed by atoms with E-state index in [1.807, 2.05) is 30.3 Å². The number of fused-ring (bicyclic) bond motifs is 1. The van der Waals surface area contributed by atoms with Crippen LogP contribution in [0.25, 0.3) is 33.2 Å². The van der Waals surface area contributed by atoms with Crippen molar-refractivity contribution in [3.05, 3.63) is 54.2 Å². The van der Waals surface area contributed by atoms with Gasteiger partial charge >= 0.3 is 6.01 Å². The molecule has 1 aliphatic heterocycles. The Bertz CT molecular complexity index is 1500. The molecule has 0 atom stereocenters. The van der Waals surface area contributed by atoms with E-state index in [9.17, 15) is 4.79 Å². The molecule has 5 aromatic rings. The maximum absolute atomic E-state index is 13.4. The number of carbonyl (C=O) groups excluding carboxylic acids is 1. The number of hydrogen-bond donors (Lipinski definition) is 1. The quantitative estimate of drug-likeness (QED) is 0.389. The Morgan fingerprint density at radius 1 is 1.03 bits per heavy atom. The number of piperidine rings is 1. The van der Waals surface area contributed by atoms with Gasteiger partial charge in [-0.25, -0.2) is 4.98 Å².